The summed E-state index contributed by atoms with van der Waals surface area (Å²) in [5.74, 6) is 2.20. The minimum atomic E-state index is -0.495. The van der Waals surface area contributed by atoms with E-state index in [1.54, 1.807) is 6.92 Å². The Morgan fingerprint density at radius 3 is 2.67 bits per heavy atom. The lowest BCUT2D eigenvalue weighted by Gasteiger charge is -2.26. The molecule has 1 saturated carbocycles. The highest BCUT2D eigenvalue weighted by Gasteiger charge is 2.59. The number of carbonyl (C=O) groups is 2. The summed E-state index contributed by atoms with van der Waals surface area (Å²) < 4.78 is 11.3. The van der Waals surface area contributed by atoms with Crippen LogP contribution in [0, 0.1) is 25.7 Å². The van der Waals surface area contributed by atoms with Crippen LogP contribution in [0.15, 0.2) is 28.8 Å². The van der Waals surface area contributed by atoms with Gasteiger partial charge in [0.15, 0.2) is 12.4 Å². The van der Waals surface area contributed by atoms with Crippen molar-refractivity contribution in [2.75, 3.05) is 32.8 Å². The number of aromatic nitrogens is 2. The maximum Gasteiger partial charge on any atom is 0.260 e. The van der Waals surface area contributed by atoms with Gasteiger partial charge in [0.25, 0.3) is 5.91 Å². The monoisotopic (exact) mass is 410 g/mol. The van der Waals surface area contributed by atoms with E-state index >= 15 is 0 Å². The molecule has 1 aromatic carbocycles. The zero-order valence-corrected chi connectivity index (χ0v) is 17.3. The third-order valence-electron chi connectivity index (χ3n) is 6.51. The zero-order chi connectivity index (χ0) is 20.9. The predicted molar refractivity (Wildman–Crippen MR) is 107 cm³/mol. The third-order valence-corrected chi connectivity index (χ3v) is 6.51. The Kier molecular flexibility index (Phi) is 4.52. The highest BCUT2D eigenvalue weighted by molar-refractivity contribution is 5.82. The van der Waals surface area contributed by atoms with Crippen LogP contribution in [0.4, 0.5) is 0 Å². The molecule has 30 heavy (non-hydrogen) atoms. The molecule has 2 amide bonds. The average Bonchev–Trinajstić information content (AvgIpc) is 3.22. The van der Waals surface area contributed by atoms with E-state index in [0.29, 0.717) is 43.6 Å². The molecule has 0 spiro atoms. The molecule has 2 atom stereocenters. The number of likely N-dealkylation sites (tertiary alicyclic amines) is 2. The van der Waals surface area contributed by atoms with E-state index in [1.165, 1.54) is 0 Å². The van der Waals surface area contributed by atoms with Gasteiger partial charge in [-0.3, -0.25) is 9.59 Å². The first kappa shape index (κ1) is 19.1. The molecule has 3 fully saturated rings. The van der Waals surface area contributed by atoms with E-state index < -0.39 is 5.41 Å². The molecule has 2 aromatic rings. The summed E-state index contributed by atoms with van der Waals surface area (Å²) in [6, 6.07) is 7.66. The maximum absolute atomic E-state index is 12.9. The van der Waals surface area contributed by atoms with Crippen molar-refractivity contribution in [3.05, 3.63) is 41.5 Å². The summed E-state index contributed by atoms with van der Waals surface area (Å²) in [4.78, 5) is 33.8. The van der Waals surface area contributed by atoms with Gasteiger partial charge in [0.1, 0.15) is 5.75 Å². The van der Waals surface area contributed by atoms with Gasteiger partial charge in [-0.15, -0.1) is 0 Å². The molecule has 1 aromatic heterocycles. The smallest absolute Gasteiger partial charge is 0.260 e. The van der Waals surface area contributed by atoms with Crippen LogP contribution in [0.25, 0.3) is 0 Å². The molecule has 3 aliphatic rings. The van der Waals surface area contributed by atoms with Crippen molar-refractivity contribution in [2.45, 2.75) is 32.1 Å². The first-order valence-corrected chi connectivity index (χ1v) is 10.5. The maximum atomic E-state index is 12.9. The molecule has 0 bridgehead atoms. The van der Waals surface area contributed by atoms with Crippen LogP contribution in [-0.2, 0) is 15.0 Å². The van der Waals surface area contributed by atoms with Crippen LogP contribution < -0.4 is 4.74 Å². The molecule has 158 valence electrons. The topological polar surface area (TPSA) is 88.8 Å². The highest BCUT2D eigenvalue weighted by Crippen LogP contribution is 2.46. The molecule has 8 nitrogen and oxygen atoms in total. The second-order valence-electron chi connectivity index (χ2n) is 8.87. The van der Waals surface area contributed by atoms with Crippen LogP contribution in [0.2, 0.25) is 0 Å². The van der Waals surface area contributed by atoms with Gasteiger partial charge in [-0.1, -0.05) is 17.3 Å². The molecule has 0 N–H and O–H groups in total. The Labute approximate surface area is 175 Å². The largest absolute Gasteiger partial charge is 0.484 e. The first-order chi connectivity index (χ1) is 14.4. The van der Waals surface area contributed by atoms with Crippen LogP contribution in [0.1, 0.15) is 30.1 Å². The van der Waals surface area contributed by atoms with Crippen molar-refractivity contribution >= 4 is 11.8 Å². The highest BCUT2D eigenvalue weighted by atomic mass is 16.5. The van der Waals surface area contributed by atoms with Gasteiger partial charge in [0.2, 0.25) is 11.8 Å². The fourth-order valence-electron chi connectivity index (χ4n) is 4.75. The lowest BCUT2D eigenvalue weighted by molar-refractivity contribution is -0.133. The minimum absolute atomic E-state index is 0.0141. The van der Waals surface area contributed by atoms with Crippen LogP contribution in [0.3, 0.4) is 0 Å². The molecule has 3 heterocycles. The quantitative estimate of drug-likeness (QED) is 0.746. The molecule has 8 heteroatoms. The van der Waals surface area contributed by atoms with Crippen LogP contribution in [-0.4, -0.2) is 64.5 Å². The number of nitrogens with zero attached hydrogens (tertiary/aromatic N) is 4. The predicted octanol–water partition coefficient (Wildman–Crippen LogP) is 1.71. The number of rotatable bonds is 5. The molecule has 0 radical (unpaired) electrons. The molecule has 2 saturated heterocycles. The van der Waals surface area contributed by atoms with Gasteiger partial charge in [-0.25, -0.2) is 0 Å². The number of carbonyl (C=O) groups excluding carboxylic acids is 2. The fraction of sp³-hybridized carbons (Fsp3) is 0.545. The lowest BCUT2D eigenvalue weighted by atomic mass is 9.81. The van der Waals surface area contributed by atoms with Gasteiger partial charge >= 0.3 is 0 Å². The van der Waals surface area contributed by atoms with Crippen molar-refractivity contribution in [1.29, 1.82) is 0 Å². The minimum Gasteiger partial charge on any atom is -0.484 e. The van der Waals surface area contributed by atoms with Gasteiger partial charge in [0.05, 0.1) is 5.41 Å². The second kappa shape index (κ2) is 7.11. The van der Waals surface area contributed by atoms with Gasteiger partial charge in [-0.05, 0) is 44.4 Å². The number of fused-ring (bicyclic) bond motifs is 1. The Balaban J connectivity index is 1.32. The number of ether oxygens (including phenoxy) is 1. The van der Waals surface area contributed by atoms with E-state index in [4.69, 9.17) is 9.26 Å². The van der Waals surface area contributed by atoms with Gasteiger partial charge in [0, 0.05) is 38.0 Å². The third kappa shape index (κ3) is 3.34. The molecule has 1 aliphatic carbocycles. The molecular formula is C22H26N4O4. The number of aryl methyl sites for hydroxylation is 2. The molecular weight excluding hydrogens is 384 g/mol. The van der Waals surface area contributed by atoms with Crippen LogP contribution in [0.5, 0.6) is 5.75 Å². The molecule has 5 rings (SSSR count). The Hall–Kier alpha value is -2.90. The summed E-state index contributed by atoms with van der Waals surface area (Å²) in [7, 11) is 0. The standard InChI is InChI=1S/C22H26N4O4/c1-14-4-3-5-18(8-14)29-11-19(27)25-9-17-10-26(20(28)16-6-7-16)13-22(17,12-25)21-23-15(2)24-30-21/h3-5,8,16-17H,6-7,9-13H2,1-2H3. The number of benzene rings is 1. The van der Waals surface area contributed by atoms with Gasteiger partial charge < -0.3 is 19.1 Å². The number of hydrogen-bond donors (Lipinski definition) is 0. The van der Waals surface area contributed by atoms with Gasteiger partial charge in [-0.2, -0.15) is 4.98 Å². The summed E-state index contributed by atoms with van der Waals surface area (Å²) in [5, 5.41) is 3.97. The van der Waals surface area contributed by atoms with Crippen molar-refractivity contribution in [1.82, 2.24) is 19.9 Å². The normalized spacial score (nSPS) is 25.5. The van der Waals surface area contributed by atoms with Crippen molar-refractivity contribution in [3.63, 3.8) is 0 Å². The second-order valence-corrected chi connectivity index (χ2v) is 8.87. The van der Waals surface area contributed by atoms with E-state index in [1.807, 2.05) is 41.0 Å². The molecule has 2 unspecified atom stereocenters. The van der Waals surface area contributed by atoms with Crippen molar-refractivity contribution in [2.24, 2.45) is 11.8 Å². The van der Waals surface area contributed by atoms with E-state index in [-0.39, 0.29) is 30.3 Å². The zero-order valence-electron chi connectivity index (χ0n) is 17.3. The van der Waals surface area contributed by atoms with E-state index in [2.05, 4.69) is 10.1 Å². The molecule has 2 aliphatic heterocycles. The fourth-order valence-corrected chi connectivity index (χ4v) is 4.75. The van der Waals surface area contributed by atoms with Crippen LogP contribution >= 0.6 is 0 Å². The van der Waals surface area contributed by atoms with Crippen molar-refractivity contribution in [3.8, 4) is 5.75 Å². The van der Waals surface area contributed by atoms with E-state index in [9.17, 15) is 9.59 Å². The average molecular weight is 410 g/mol. The lowest BCUT2D eigenvalue weighted by Crippen LogP contribution is -2.42. The first-order valence-electron chi connectivity index (χ1n) is 10.5. The summed E-state index contributed by atoms with van der Waals surface area (Å²) in [6.07, 6.45) is 1.96. The Bertz CT molecular complexity index is 985. The number of amides is 2. The number of hydrogen-bond acceptors (Lipinski definition) is 6. The Morgan fingerprint density at radius 1 is 1.20 bits per heavy atom. The Morgan fingerprint density at radius 2 is 1.97 bits per heavy atom. The van der Waals surface area contributed by atoms with Crippen molar-refractivity contribution < 1.29 is 18.8 Å². The summed E-state index contributed by atoms with van der Waals surface area (Å²) in [6.45, 7) is 5.93. The summed E-state index contributed by atoms with van der Waals surface area (Å²) in [5.41, 5.74) is 0.590. The SMILES string of the molecule is Cc1cccc(OCC(=O)N2CC3CN(C(=O)C4CC4)CC3(c3nc(C)no3)C2)c1. The summed E-state index contributed by atoms with van der Waals surface area (Å²) >= 11 is 0. The van der Waals surface area contributed by atoms with E-state index in [0.717, 1.165) is 18.4 Å².